The van der Waals surface area contributed by atoms with Crippen LogP contribution in [0.5, 0.6) is 0 Å². The molecule has 1 heterocycles. The molecule has 0 saturated heterocycles. The highest BCUT2D eigenvalue weighted by molar-refractivity contribution is 5.28. The molecule has 2 rings (SSSR count). The van der Waals surface area contributed by atoms with Gasteiger partial charge in [0.05, 0.1) is 5.69 Å². The van der Waals surface area contributed by atoms with Gasteiger partial charge in [0.2, 0.25) is 5.95 Å². The summed E-state index contributed by atoms with van der Waals surface area (Å²) >= 11 is 0. The molecular weight excluding hydrogens is 198 g/mol. The fraction of sp³-hybridized carbons (Fsp3) is 0.769. The first-order valence-electron chi connectivity index (χ1n) is 6.40. The molecule has 1 N–H and O–H groups in total. The standard InChI is InChI=1S/C13H23N3/c1-10-6-4-5-7-12(10)8-14-13-15-11(2)9-16(13)3/h9-10,12H,4-8H2,1-3H3,(H,14,15). The SMILES string of the molecule is Cc1cn(C)c(NCC2CCCCC2C)n1. The van der Waals surface area contributed by atoms with E-state index in [0.29, 0.717) is 0 Å². The van der Waals surface area contributed by atoms with Gasteiger partial charge in [-0.2, -0.15) is 0 Å². The zero-order valence-electron chi connectivity index (χ0n) is 10.7. The smallest absolute Gasteiger partial charge is 0.202 e. The number of aryl methyl sites for hydroxylation is 2. The van der Waals surface area contributed by atoms with Crippen LogP contribution in [0.3, 0.4) is 0 Å². The highest BCUT2D eigenvalue weighted by atomic mass is 15.2. The van der Waals surface area contributed by atoms with Gasteiger partial charge in [0.15, 0.2) is 0 Å². The third kappa shape index (κ3) is 2.57. The Hall–Kier alpha value is -0.990. The number of nitrogens with one attached hydrogen (secondary N) is 1. The number of nitrogens with zero attached hydrogens (tertiary/aromatic N) is 2. The van der Waals surface area contributed by atoms with E-state index in [4.69, 9.17) is 0 Å². The van der Waals surface area contributed by atoms with Gasteiger partial charge in [-0.3, -0.25) is 0 Å². The highest BCUT2D eigenvalue weighted by Crippen LogP contribution is 2.29. The van der Waals surface area contributed by atoms with Crippen molar-refractivity contribution in [3.8, 4) is 0 Å². The lowest BCUT2D eigenvalue weighted by atomic mass is 9.80. The van der Waals surface area contributed by atoms with Crippen molar-refractivity contribution in [1.29, 1.82) is 0 Å². The summed E-state index contributed by atoms with van der Waals surface area (Å²) in [5.41, 5.74) is 1.08. The van der Waals surface area contributed by atoms with Gasteiger partial charge in [0.1, 0.15) is 0 Å². The van der Waals surface area contributed by atoms with Gasteiger partial charge in [-0.05, 0) is 25.2 Å². The molecule has 16 heavy (non-hydrogen) atoms. The Labute approximate surface area is 98.3 Å². The first-order chi connectivity index (χ1) is 7.66. The second-order valence-corrected chi connectivity index (χ2v) is 5.22. The lowest BCUT2D eigenvalue weighted by molar-refractivity contribution is 0.268. The number of anilines is 1. The summed E-state index contributed by atoms with van der Waals surface area (Å²) in [7, 11) is 2.05. The first-order valence-corrected chi connectivity index (χ1v) is 6.40. The average molecular weight is 221 g/mol. The molecule has 1 aromatic heterocycles. The Kier molecular flexibility index (Phi) is 3.52. The summed E-state index contributed by atoms with van der Waals surface area (Å²) in [5.74, 6) is 2.70. The van der Waals surface area contributed by atoms with Crippen molar-refractivity contribution in [3.05, 3.63) is 11.9 Å². The van der Waals surface area contributed by atoms with Gasteiger partial charge in [-0.15, -0.1) is 0 Å². The zero-order valence-corrected chi connectivity index (χ0v) is 10.7. The van der Waals surface area contributed by atoms with E-state index in [9.17, 15) is 0 Å². The Morgan fingerprint density at radius 2 is 2.19 bits per heavy atom. The molecule has 0 amide bonds. The molecule has 90 valence electrons. The van der Waals surface area contributed by atoms with E-state index in [0.717, 1.165) is 30.0 Å². The van der Waals surface area contributed by atoms with Gasteiger partial charge < -0.3 is 9.88 Å². The second kappa shape index (κ2) is 4.89. The van der Waals surface area contributed by atoms with Crippen molar-refractivity contribution < 1.29 is 0 Å². The normalized spacial score (nSPS) is 25.7. The highest BCUT2D eigenvalue weighted by Gasteiger charge is 2.21. The average Bonchev–Trinajstić information content (AvgIpc) is 2.56. The maximum atomic E-state index is 4.47. The predicted molar refractivity (Wildman–Crippen MR) is 67.6 cm³/mol. The molecule has 0 aromatic carbocycles. The Bertz CT molecular complexity index is 343. The van der Waals surface area contributed by atoms with Gasteiger partial charge in [-0.25, -0.2) is 4.98 Å². The fourth-order valence-corrected chi connectivity index (χ4v) is 2.70. The molecule has 1 aromatic rings. The fourth-order valence-electron chi connectivity index (χ4n) is 2.70. The lowest BCUT2D eigenvalue weighted by Crippen LogP contribution is -2.25. The van der Waals surface area contributed by atoms with E-state index < -0.39 is 0 Å². The molecule has 1 aliphatic carbocycles. The molecule has 2 unspecified atom stereocenters. The van der Waals surface area contributed by atoms with Crippen molar-refractivity contribution in [3.63, 3.8) is 0 Å². The second-order valence-electron chi connectivity index (χ2n) is 5.22. The molecule has 0 aliphatic heterocycles. The molecule has 0 spiro atoms. The maximum Gasteiger partial charge on any atom is 0.202 e. The van der Waals surface area contributed by atoms with E-state index in [1.807, 2.05) is 14.0 Å². The van der Waals surface area contributed by atoms with Crippen LogP contribution in [0.25, 0.3) is 0 Å². The van der Waals surface area contributed by atoms with Crippen LogP contribution in [-0.2, 0) is 7.05 Å². The van der Waals surface area contributed by atoms with Crippen LogP contribution >= 0.6 is 0 Å². The van der Waals surface area contributed by atoms with Crippen LogP contribution in [0, 0.1) is 18.8 Å². The van der Waals surface area contributed by atoms with Crippen molar-refractivity contribution in [2.24, 2.45) is 18.9 Å². The number of aromatic nitrogens is 2. The predicted octanol–water partition coefficient (Wildman–Crippen LogP) is 2.97. The largest absolute Gasteiger partial charge is 0.355 e. The monoisotopic (exact) mass is 221 g/mol. The third-order valence-corrected chi connectivity index (χ3v) is 3.81. The number of imidazole rings is 1. The van der Waals surface area contributed by atoms with Crippen molar-refractivity contribution in [1.82, 2.24) is 9.55 Å². The van der Waals surface area contributed by atoms with Gasteiger partial charge in [0, 0.05) is 19.8 Å². The minimum absolute atomic E-state index is 0.825. The topological polar surface area (TPSA) is 29.9 Å². The Balaban J connectivity index is 1.89. The minimum Gasteiger partial charge on any atom is -0.355 e. The molecule has 0 radical (unpaired) electrons. The van der Waals surface area contributed by atoms with E-state index in [1.165, 1.54) is 25.7 Å². The number of hydrogen-bond donors (Lipinski definition) is 1. The summed E-state index contributed by atoms with van der Waals surface area (Å²) in [6, 6.07) is 0. The summed E-state index contributed by atoms with van der Waals surface area (Å²) in [6.45, 7) is 5.50. The Morgan fingerprint density at radius 3 is 2.81 bits per heavy atom. The minimum atomic E-state index is 0.825. The quantitative estimate of drug-likeness (QED) is 0.850. The first kappa shape index (κ1) is 11.5. The van der Waals surface area contributed by atoms with Crippen LogP contribution < -0.4 is 5.32 Å². The van der Waals surface area contributed by atoms with Crippen molar-refractivity contribution in [2.75, 3.05) is 11.9 Å². The molecule has 3 nitrogen and oxygen atoms in total. The summed E-state index contributed by atoms with van der Waals surface area (Å²) in [5, 5.41) is 3.49. The Morgan fingerprint density at radius 1 is 1.44 bits per heavy atom. The van der Waals surface area contributed by atoms with Crippen LogP contribution in [0.2, 0.25) is 0 Å². The van der Waals surface area contributed by atoms with Crippen molar-refractivity contribution in [2.45, 2.75) is 39.5 Å². The zero-order chi connectivity index (χ0) is 11.5. The summed E-state index contributed by atoms with van der Waals surface area (Å²) < 4.78 is 2.07. The lowest BCUT2D eigenvalue weighted by Gasteiger charge is -2.28. The molecule has 1 fully saturated rings. The summed E-state index contributed by atoms with van der Waals surface area (Å²) in [4.78, 5) is 4.47. The van der Waals surface area contributed by atoms with E-state index in [-0.39, 0.29) is 0 Å². The van der Waals surface area contributed by atoms with Gasteiger partial charge in [-0.1, -0.05) is 26.2 Å². The van der Waals surface area contributed by atoms with Crippen molar-refractivity contribution >= 4 is 5.95 Å². The van der Waals surface area contributed by atoms with Crippen LogP contribution in [0.4, 0.5) is 5.95 Å². The number of hydrogen-bond acceptors (Lipinski definition) is 2. The molecule has 1 saturated carbocycles. The van der Waals surface area contributed by atoms with Gasteiger partial charge in [0.25, 0.3) is 0 Å². The van der Waals surface area contributed by atoms with E-state index in [1.54, 1.807) is 0 Å². The molecule has 0 bridgehead atoms. The molecule has 2 atom stereocenters. The third-order valence-electron chi connectivity index (χ3n) is 3.81. The van der Waals surface area contributed by atoms with Crippen LogP contribution in [-0.4, -0.2) is 16.1 Å². The van der Waals surface area contributed by atoms with Crippen LogP contribution in [0.15, 0.2) is 6.20 Å². The number of rotatable bonds is 3. The summed E-state index contributed by atoms with van der Waals surface area (Å²) in [6.07, 6.45) is 7.64. The van der Waals surface area contributed by atoms with E-state index in [2.05, 4.69) is 28.0 Å². The van der Waals surface area contributed by atoms with Gasteiger partial charge >= 0.3 is 0 Å². The van der Waals surface area contributed by atoms with E-state index >= 15 is 0 Å². The molecule has 1 aliphatic rings. The van der Waals surface area contributed by atoms with Crippen LogP contribution in [0.1, 0.15) is 38.3 Å². The molecular formula is C13H23N3. The maximum absolute atomic E-state index is 4.47. The molecule has 3 heteroatoms.